The van der Waals surface area contributed by atoms with Crippen molar-refractivity contribution in [1.82, 2.24) is 30.6 Å². The van der Waals surface area contributed by atoms with Gasteiger partial charge in [0.15, 0.2) is 5.69 Å². The molecule has 1 fully saturated rings. The van der Waals surface area contributed by atoms with E-state index in [1.54, 1.807) is 10.9 Å². The Morgan fingerprint density at radius 1 is 1.37 bits per heavy atom. The fourth-order valence-corrected chi connectivity index (χ4v) is 3.70. The van der Waals surface area contributed by atoms with Crippen LogP contribution in [-0.4, -0.2) is 45.5 Å². The minimum absolute atomic E-state index is 0.163. The van der Waals surface area contributed by atoms with Crippen molar-refractivity contribution < 1.29 is 4.79 Å². The second-order valence-corrected chi connectivity index (χ2v) is 7.07. The Labute approximate surface area is 158 Å². The second-order valence-electron chi connectivity index (χ2n) is 7.07. The summed E-state index contributed by atoms with van der Waals surface area (Å²) < 4.78 is 1.72. The molecule has 0 spiro atoms. The number of piperidine rings is 1. The quantitative estimate of drug-likeness (QED) is 0.725. The Hall–Kier alpha value is -2.80. The Balaban J connectivity index is 1.49. The molecule has 3 heterocycles. The van der Waals surface area contributed by atoms with Gasteiger partial charge in [-0.15, -0.1) is 5.10 Å². The number of nitrogens with zero attached hydrogens (tertiary/aromatic N) is 4. The first kappa shape index (κ1) is 17.6. The van der Waals surface area contributed by atoms with Crippen molar-refractivity contribution in [1.29, 1.82) is 0 Å². The molecule has 4 rings (SSSR count). The molecule has 1 unspecified atom stereocenters. The number of aromatic nitrogens is 4. The molecule has 2 aromatic heterocycles. The minimum atomic E-state index is -0.163. The van der Waals surface area contributed by atoms with Crippen LogP contribution >= 0.6 is 0 Å². The third kappa shape index (κ3) is 3.68. The van der Waals surface area contributed by atoms with Gasteiger partial charge in [0.05, 0.1) is 11.4 Å². The van der Waals surface area contributed by atoms with Gasteiger partial charge in [-0.25, -0.2) is 4.68 Å². The third-order valence-electron chi connectivity index (χ3n) is 5.23. The number of benzene rings is 1. The fourth-order valence-electron chi connectivity index (χ4n) is 3.70. The average molecular weight is 364 g/mol. The van der Waals surface area contributed by atoms with Crippen LogP contribution in [-0.2, 0) is 0 Å². The van der Waals surface area contributed by atoms with Crippen LogP contribution in [0.15, 0.2) is 36.7 Å². The van der Waals surface area contributed by atoms with Gasteiger partial charge in [-0.3, -0.25) is 9.78 Å². The molecule has 7 nitrogen and oxygen atoms in total. The highest BCUT2D eigenvalue weighted by Crippen LogP contribution is 2.22. The maximum Gasteiger partial charge on any atom is 0.273 e. The predicted molar refractivity (Wildman–Crippen MR) is 104 cm³/mol. The average Bonchev–Trinajstić information content (AvgIpc) is 3.09. The first-order valence-corrected chi connectivity index (χ1v) is 9.48. The summed E-state index contributed by atoms with van der Waals surface area (Å²) in [4.78, 5) is 16.7. The van der Waals surface area contributed by atoms with Gasteiger partial charge in [-0.1, -0.05) is 17.3 Å². The van der Waals surface area contributed by atoms with Gasteiger partial charge in [0.1, 0.15) is 0 Å². The summed E-state index contributed by atoms with van der Waals surface area (Å²) >= 11 is 0. The summed E-state index contributed by atoms with van der Waals surface area (Å²) in [6.45, 7) is 4.69. The first-order chi connectivity index (χ1) is 13.2. The van der Waals surface area contributed by atoms with Gasteiger partial charge in [-0.05, 0) is 57.3 Å². The van der Waals surface area contributed by atoms with Crippen molar-refractivity contribution in [3.8, 4) is 5.69 Å². The molecule has 0 radical (unpaired) electrons. The van der Waals surface area contributed by atoms with Crippen LogP contribution in [0.1, 0.15) is 35.4 Å². The molecule has 27 heavy (non-hydrogen) atoms. The molecule has 0 bridgehead atoms. The van der Waals surface area contributed by atoms with Crippen molar-refractivity contribution in [3.63, 3.8) is 0 Å². The number of fused-ring (bicyclic) bond motifs is 1. The van der Waals surface area contributed by atoms with E-state index in [1.165, 1.54) is 12.8 Å². The summed E-state index contributed by atoms with van der Waals surface area (Å²) in [5, 5.41) is 16.8. The second kappa shape index (κ2) is 7.84. The van der Waals surface area contributed by atoms with Gasteiger partial charge >= 0.3 is 0 Å². The topological polar surface area (TPSA) is 84.7 Å². The molecule has 1 amide bonds. The number of carbonyl (C=O) groups is 1. The van der Waals surface area contributed by atoms with Gasteiger partial charge in [0.2, 0.25) is 0 Å². The monoisotopic (exact) mass is 364 g/mol. The standard InChI is InChI=1S/C20H24N6O/c1-14-19(20(27)23-11-7-15-4-3-9-21-12-15)24-25-26(14)18-6-2-5-16-13-22-10-8-17(16)18/h2,5-6,8,10,13,15,21H,3-4,7,9,11-12H2,1H3,(H,23,27). The number of hydrogen-bond donors (Lipinski definition) is 2. The van der Waals surface area contributed by atoms with E-state index >= 15 is 0 Å². The zero-order chi connectivity index (χ0) is 18.6. The van der Waals surface area contributed by atoms with Crippen LogP contribution in [0.5, 0.6) is 0 Å². The number of pyridine rings is 1. The van der Waals surface area contributed by atoms with E-state index in [4.69, 9.17) is 0 Å². The van der Waals surface area contributed by atoms with Crippen molar-refractivity contribution in [2.75, 3.05) is 19.6 Å². The van der Waals surface area contributed by atoms with E-state index in [9.17, 15) is 4.79 Å². The van der Waals surface area contributed by atoms with Gasteiger partial charge in [-0.2, -0.15) is 0 Å². The molecule has 7 heteroatoms. The highest BCUT2D eigenvalue weighted by Gasteiger charge is 2.19. The summed E-state index contributed by atoms with van der Waals surface area (Å²) in [6, 6.07) is 7.88. The highest BCUT2D eigenvalue weighted by atomic mass is 16.2. The normalized spacial score (nSPS) is 17.1. The molecule has 1 aliphatic heterocycles. The Bertz CT molecular complexity index is 939. The van der Waals surface area contributed by atoms with E-state index in [0.29, 0.717) is 18.2 Å². The molecule has 1 aromatic carbocycles. The number of nitrogens with one attached hydrogen (secondary N) is 2. The van der Waals surface area contributed by atoms with Crippen LogP contribution < -0.4 is 10.6 Å². The fraction of sp³-hybridized carbons (Fsp3) is 0.400. The number of hydrogen-bond acceptors (Lipinski definition) is 5. The molecule has 1 atom stereocenters. The largest absolute Gasteiger partial charge is 0.351 e. The lowest BCUT2D eigenvalue weighted by Gasteiger charge is -2.22. The molecule has 1 saturated heterocycles. The highest BCUT2D eigenvalue weighted by molar-refractivity contribution is 5.94. The lowest BCUT2D eigenvalue weighted by Crippen LogP contribution is -2.33. The van der Waals surface area contributed by atoms with E-state index in [2.05, 4.69) is 25.9 Å². The summed E-state index contributed by atoms with van der Waals surface area (Å²) in [6.07, 6.45) is 7.01. The number of carbonyl (C=O) groups excluding carboxylic acids is 1. The van der Waals surface area contributed by atoms with Crippen LogP contribution in [0, 0.1) is 12.8 Å². The van der Waals surface area contributed by atoms with Crippen molar-refractivity contribution in [2.24, 2.45) is 5.92 Å². The van der Waals surface area contributed by atoms with Gasteiger partial charge in [0, 0.05) is 29.7 Å². The first-order valence-electron chi connectivity index (χ1n) is 9.48. The van der Waals surface area contributed by atoms with E-state index in [0.717, 1.165) is 41.7 Å². The Kier molecular flexibility index (Phi) is 5.11. The summed E-state index contributed by atoms with van der Waals surface area (Å²) in [5.74, 6) is 0.476. The smallest absolute Gasteiger partial charge is 0.273 e. The van der Waals surface area contributed by atoms with Gasteiger partial charge in [0.25, 0.3) is 5.91 Å². The van der Waals surface area contributed by atoms with E-state index < -0.39 is 0 Å². The zero-order valence-electron chi connectivity index (χ0n) is 15.5. The van der Waals surface area contributed by atoms with Crippen LogP contribution in [0.2, 0.25) is 0 Å². The lowest BCUT2D eigenvalue weighted by molar-refractivity contribution is 0.0945. The van der Waals surface area contributed by atoms with E-state index in [1.807, 2.05) is 37.4 Å². The predicted octanol–water partition coefficient (Wildman–Crippen LogP) is 2.24. The molecular weight excluding hydrogens is 340 g/mol. The Morgan fingerprint density at radius 2 is 2.30 bits per heavy atom. The summed E-state index contributed by atoms with van der Waals surface area (Å²) in [5.41, 5.74) is 2.01. The van der Waals surface area contributed by atoms with Crippen molar-refractivity contribution in [3.05, 3.63) is 48.0 Å². The SMILES string of the molecule is Cc1c(C(=O)NCCC2CCCNC2)nnn1-c1cccc2cnccc12. The van der Waals surface area contributed by atoms with Crippen LogP contribution in [0.25, 0.3) is 16.5 Å². The molecule has 0 aliphatic carbocycles. The molecule has 2 N–H and O–H groups in total. The number of amides is 1. The Morgan fingerprint density at radius 3 is 3.15 bits per heavy atom. The molecule has 0 saturated carbocycles. The molecule has 3 aromatic rings. The maximum atomic E-state index is 12.6. The molecule has 140 valence electrons. The van der Waals surface area contributed by atoms with Crippen LogP contribution in [0.3, 0.4) is 0 Å². The van der Waals surface area contributed by atoms with E-state index in [-0.39, 0.29) is 5.91 Å². The van der Waals surface area contributed by atoms with Crippen LogP contribution in [0.4, 0.5) is 0 Å². The summed E-state index contributed by atoms with van der Waals surface area (Å²) in [7, 11) is 0. The van der Waals surface area contributed by atoms with Gasteiger partial charge < -0.3 is 10.6 Å². The molecule has 1 aliphatic rings. The zero-order valence-corrected chi connectivity index (χ0v) is 15.5. The third-order valence-corrected chi connectivity index (χ3v) is 5.23. The molecular formula is C20H24N6O. The lowest BCUT2D eigenvalue weighted by atomic mass is 9.96. The number of rotatable bonds is 5. The maximum absolute atomic E-state index is 12.6. The van der Waals surface area contributed by atoms with Crippen molar-refractivity contribution in [2.45, 2.75) is 26.2 Å². The van der Waals surface area contributed by atoms with Crippen molar-refractivity contribution >= 4 is 16.7 Å². The minimum Gasteiger partial charge on any atom is -0.351 e.